The molecule has 0 fully saturated rings. The molecule has 1 aliphatic rings. The second-order valence-corrected chi connectivity index (χ2v) is 6.07. The molecule has 1 N–H and O–H groups in total. The van der Waals surface area contributed by atoms with Gasteiger partial charge in [0.2, 0.25) is 0 Å². The fraction of sp³-hybridized carbons (Fsp3) is 0.526. The molecule has 0 amide bonds. The predicted octanol–water partition coefficient (Wildman–Crippen LogP) is 4.89. The van der Waals surface area contributed by atoms with Crippen LogP contribution in [0.1, 0.15) is 56.4 Å². The molecule has 2 heteroatoms. The van der Waals surface area contributed by atoms with Gasteiger partial charge in [0.25, 0.3) is 0 Å². The zero-order valence-electron chi connectivity index (χ0n) is 13.3. The highest BCUT2D eigenvalue weighted by Crippen LogP contribution is 2.34. The van der Waals surface area contributed by atoms with Crippen LogP contribution in [0.15, 0.2) is 18.2 Å². The van der Waals surface area contributed by atoms with Gasteiger partial charge < -0.3 is 5.32 Å². The normalized spacial score (nSPS) is 14.8. The molecule has 1 aromatic carbocycles. The van der Waals surface area contributed by atoms with E-state index in [-0.39, 0.29) is 0 Å². The van der Waals surface area contributed by atoms with Crippen molar-refractivity contribution >= 4 is 16.6 Å². The monoisotopic (exact) mass is 282 g/mol. The highest BCUT2D eigenvalue weighted by atomic mass is 14.9. The molecule has 0 unspecified atom stereocenters. The second-order valence-electron chi connectivity index (χ2n) is 6.07. The van der Waals surface area contributed by atoms with E-state index in [4.69, 9.17) is 4.98 Å². The fourth-order valence-electron chi connectivity index (χ4n) is 3.42. The van der Waals surface area contributed by atoms with Crippen molar-refractivity contribution < 1.29 is 0 Å². The quantitative estimate of drug-likeness (QED) is 0.808. The lowest BCUT2D eigenvalue weighted by atomic mass is 9.99. The van der Waals surface area contributed by atoms with Crippen molar-refractivity contribution in [1.29, 1.82) is 0 Å². The van der Waals surface area contributed by atoms with Crippen molar-refractivity contribution in [3.8, 4) is 0 Å². The van der Waals surface area contributed by atoms with E-state index in [1.165, 1.54) is 59.1 Å². The van der Waals surface area contributed by atoms with Gasteiger partial charge >= 0.3 is 0 Å². The molecule has 2 aromatic rings. The number of nitrogens with one attached hydrogen (secondary N) is 1. The van der Waals surface area contributed by atoms with Crippen LogP contribution in [0.4, 0.5) is 5.69 Å². The van der Waals surface area contributed by atoms with E-state index in [9.17, 15) is 0 Å². The van der Waals surface area contributed by atoms with Crippen molar-refractivity contribution in [2.75, 3.05) is 11.9 Å². The summed E-state index contributed by atoms with van der Waals surface area (Å²) >= 11 is 0. The number of aryl methyl sites for hydroxylation is 2. The van der Waals surface area contributed by atoms with Crippen LogP contribution in [0, 0.1) is 0 Å². The summed E-state index contributed by atoms with van der Waals surface area (Å²) in [5.74, 6) is 0. The molecule has 0 atom stereocenters. The van der Waals surface area contributed by atoms with Crippen molar-refractivity contribution in [1.82, 2.24) is 4.98 Å². The molecule has 1 aliphatic carbocycles. The molecule has 0 spiro atoms. The smallest absolute Gasteiger partial charge is 0.0758 e. The first-order valence-electron chi connectivity index (χ1n) is 8.52. The Balaban J connectivity index is 2.23. The van der Waals surface area contributed by atoms with E-state index >= 15 is 0 Å². The standard InChI is InChI=1S/C19H26N2/c1-3-13-20-19-15-10-6-5-7-12-17(15)21-18-14(4-2)9-8-11-16(18)19/h8-9,11H,3-7,10,12-13H2,1-2H3,(H,20,21). The van der Waals surface area contributed by atoms with Crippen molar-refractivity contribution in [2.45, 2.75) is 58.8 Å². The lowest BCUT2D eigenvalue weighted by Gasteiger charge is -2.18. The van der Waals surface area contributed by atoms with E-state index in [0.29, 0.717) is 0 Å². The van der Waals surface area contributed by atoms with E-state index in [2.05, 4.69) is 37.4 Å². The van der Waals surface area contributed by atoms with Gasteiger partial charge in [0.1, 0.15) is 0 Å². The molecular formula is C19H26N2. The number of nitrogens with zero attached hydrogens (tertiary/aromatic N) is 1. The molecule has 21 heavy (non-hydrogen) atoms. The third kappa shape index (κ3) is 2.76. The van der Waals surface area contributed by atoms with Gasteiger partial charge in [0.15, 0.2) is 0 Å². The van der Waals surface area contributed by atoms with Crippen LogP contribution in [0.2, 0.25) is 0 Å². The van der Waals surface area contributed by atoms with E-state index < -0.39 is 0 Å². The molecule has 1 aromatic heterocycles. The zero-order valence-corrected chi connectivity index (χ0v) is 13.3. The van der Waals surface area contributed by atoms with Gasteiger partial charge in [0, 0.05) is 23.3 Å². The molecule has 112 valence electrons. The van der Waals surface area contributed by atoms with Crippen LogP contribution in [-0.2, 0) is 19.3 Å². The summed E-state index contributed by atoms with van der Waals surface area (Å²) in [5, 5.41) is 5.03. The Morgan fingerprint density at radius 3 is 2.76 bits per heavy atom. The second kappa shape index (κ2) is 6.46. The fourth-order valence-corrected chi connectivity index (χ4v) is 3.42. The molecule has 3 rings (SSSR count). The number of benzene rings is 1. The Kier molecular flexibility index (Phi) is 4.42. The number of aromatic nitrogens is 1. The highest BCUT2D eigenvalue weighted by molar-refractivity contribution is 5.95. The summed E-state index contributed by atoms with van der Waals surface area (Å²) in [7, 11) is 0. The number of hydrogen-bond donors (Lipinski definition) is 1. The zero-order chi connectivity index (χ0) is 14.7. The van der Waals surface area contributed by atoms with Crippen molar-refractivity contribution in [3.63, 3.8) is 0 Å². The average Bonchev–Trinajstić information content (AvgIpc) is 2.76. The number of rotatable bonds is 4. The predicted molar refractivity (Wildman–Crippen MR) is 91.2 cm³/mol. The first-order valence-corrected chi connectivity index (χ1v) is 8.52. The van der Waals surface area contributed by atoms with Gasteiger partial charge in [-0.3, -0.25) is 4.98 Å². The largest absolute Gasteiger partial charge is 0.384 e. The first-order chi connectivity index (χ1) is 10.3. The summed E-state index contributed by atoms with van der Waals surface area (Å²) in [6.45, 7) is 5.50. The Morgan fingerprint density at radius 1 is 1.10 bits per heavy atom. The Labute approximate surface area is 128 Å². The summed E-state index contributed by atoms with van der Waals surface area (Å²) in [4.78, 5) is 5.08. The van der Waals surface area contributed by atoms with E-state index in [1.807, 2.05) is 0 Å². The molecule has 0 radical (unpaired) electrons. The number of pyridine rings is 1. The lowest BCUT2D eigenvalue weighted by molar-refractivity contribution is 0.709. The maximum absolute atomic E-state index is 5.08. The average molecular weight is 282 g/mol. The number of fused-ring (bicyclic) bond motifs is 2. The van der Waals surface area contributed by atoms with Gasteiger partial charge in [-0.05, 0) is 49.7 Å². The molecule has 0 bridgehead atoms. The minimum atomic E-state index is 1.04. The molecule has 1 heterocycles. The van der Waals surface area contributed by atoms with Gasteiger partial charge in [-0.15, -0.1) is 0 Å². The van der Waals surface area contributed by atoms with E-state index in [1.54, 1.807) is 0 Å². The van der Waals surface area contributed by atoms with Gasteiger partial charge in [-0.25, -0.2) is 0 Å². The SMILES string of the molecule is CCCNc1c2c(nc3c(CC)cccc13)CCCCC2. The first kappa shape index (κ1) is 14.4. The highest BCUT2D eigenvalue weighted by Gasteiger charge is 2.17. The molecule has 0 aliphatic heterocycles. The Morgan fingerprint density at radius 2 is 1.95 bits per heavy atom. The third-order valence-electron chi connectivity index (χ3n) is 4.56. The topological polar surface area (TPSA) is 24.9 Å². The number of para-hydroxylation sites is 1. The molecule has 0 saturated carbocycles. The van der Waals surface area contributed by atoms with Gasteiger partial charge in [-0.2, -0.15) is 0 Å². The molecule has 2 nitrogen and oxygen atoms in total. The summed E-state index contributed by atoms with van der Waals surface area (Å²) in [5.41, 5.74) is 6.80. The Hall–Kier alpha value is -1.57. The lowest BCUT2D eigenvalue weighted by Crippen LogP contribution is -2.08. The summed E-state index contributed by atoms with van der Waals surface area (Å²) < 4.78 is 0. The number of anilines is 1. The van der Waals surface area contributed by atoms with Gasteiger partial charge in [0.05, 0.1) is 5.52 Å². The van der Waals surface area contributed by atoms with E-state index in [0.717, 1.165) is 25.8 Å². The maximum Gasteiger partial charge on any atom is 0.0758 e. The van der Waals surface area contributed by atoms with Crippen molar-refractivity contribution in [3.05, 3.63) is 35.0 Å². The van der Waals surface area contributed by atoms with Crippen LogP contribution in [-0.4, -0.2) is 11.5 Å². The van der Waals surface area contributed by atoms with Crippen LogP contribution in [0.3, 0.4) is 0 Å². The summed E-state index contributed by atoms with van der Waals surface area (Å²) in [6, 6.07) is 6.65. The number of hydrogen-bond acceptors (Lipinski definition) is 2. The third-order valence-corrected chi connectivity index (χ3v) is 4.56. The summed E-state index contributed by atoms with van der Waals surface area (Å²) in [6.07, 6.45) is 8.45. The van der Waals surface area contributed by atoms with Crippen molar-refractivity contribution in [2.24, 2.45) is 0 Å². The van der Waals surface area contributed by atoms with Crippen LogP contribution >= 0.6 is 0 Å². The minimum Gasteiger partial charge on any atom is -0.384 e. The van der Waals surface area contributed by atoms with Crippen LogP contribution in [0.5, 0.6) is 0 Å². The van der Waals surface area contributed by atoms with Gasteiger partial charge in [-0.1, -0.05) is 38.5 Å². The maximum atomic E-state index is 5.08. The molecule has 0 saturated heterocycles. The van der Waals surface area contributed by atoms with Crippen LogP contribution in [0.25, 0.3) is 10.9 Å². The van der Waals surface area contributed by atoms with Crippen LogP contribution < -0.4 is 5.32 Å². The minimum absolute atomic E-state index is 1.04. The molecular weight excluding hydrogens is 256 g/mol. The Bertz CT molecular complexity index is 631.